The molecule has 4 rings (SSSR count). The lowest BCUT2D eigenvalue weighted by molar-refractivity contribution is 0.264. The van der Waals surface area contributed by atoms with E-state index in [1.54, 1.807) is 37.4 Å². The van der Waals surface area contributed by atoms with Crippen molar-refractivity contribution in [3.63, 3.8) is 0 Å². The third kappa shape index (κ3) is 2.93. The molecule has 0 aromatic carbocycles. The average Bonchev–Trinajstić information content (AvgIpc) is 3.25. The van der Waals surface area contributed by atoms with Crippen LogP contribution in [0.25, 0.3) is 17.2 Å². The molecule has 0 saturated heterocycles. The van der Waals surface area contributed by atoms with Gasteiger partial charge in [0, 0.05) is 18.3 Å². The van der Waals surface area contributed by atoms with E-state index in [2.05, 4.69) is 25.4 Å². The molecule has 0 aliphatic heterocycles. The van der Waals surface area contributed by atoms with Crippen molar-refractivity contribution >= 4 is 17.2 Å². The fourth-order valence-corrected chi connectivity index (χ4v) is 2.51. The highest BCUT2D eigenvalue weighted by Crippen LogP contribution is 2.28. The molecule has 0 atom stereocenters. The van der Waals surface area contributed by atoms with Crippen LogP contribution in [0.5, 0.6) is 11.6 Å². The van der Waals surface area contributed by atoms with Crippen LogP contribution in [-0.4, -0.2) is 37.1 Å². The van der Waals surface area contributed by atoms with Crippen LogP contribution in [0.3, 0.4) is 0 Å². The standard InChI is InChI=1S/C16H13ClN6O3/c1-9-6-11(22-26-9)15-20-19-14-7-13(24-2)16(21-23(14)15)25-8-12-10(17)4-3-5-18-12/h3-7H,8H2,1-2H3. The van der Waals surface area contributed by atoms with E-state index in [4.69, 9.17) is 25.6 Å². The molecule has 0 aliphatic rings. The van der Waals surface area contributed by atoms with E-state index < -0.39 is 0 Å². The predicted octanol–water partition coefficient (Wildman–Crippen LogP) is 2.72. The number of aryl methyl sites for hydroxylation is 1. The summed E-state index contributed by atoms with van der Waals surface area (Å²) >= 11 is 6.11. The van der Waals surface area contributed by atoms with Crippen LogP contribution >= 0.6 is 11.6 Å². The van der Waals surface area contributed by atoms with E-state index in [0.29, 0.717) is 39.4 Å². The lowest BCUT2D eigenvalue weighted by Gasteiger charge is -2.10. The van der Waals surface area contributed by atoms with Crippen LogP contribution < -0.4 is 9.47 Å². The second-order valence-corrected chi connectivity index (χ2v) is 5.76. The SMILES string of the molecule is COc1cc2nnc(-c3cc(C)on3)n2nc1OCc1ncccc1Cl. The maximum atomic E-state index is 6.11. The quantitative estimate of drug-likeness (QED) is 0.527. The van der Waals surface area contributed by atoms with Crippen LogP contribution in [0.2, 0.25) is 5.02 Å². The van der Waals surface area contributed by atoms with E-state index >= 15 is 0 Å². The molecule has 0 fully saturated rings. The maximum Gasteiger partial charge on any atom is 0.275 e. The average molecular weight is 373 g/mol. The first-order valence-electron chi connectivity index (χ1n) is 7.62. The Balaban J connectivity index is 1.72. The highest BCUT2D eigenvalue weighted by Gasteiger charge is 2.18. The third-order valence-corrected chi connectivity index (χ3v) is 3.93. The largest absolute Gasteiger partial charge is 0.491 e. The number of hydrogen-bond acceptors (Lipinski definition) is 8. The Morgan fingerprint density at radius 3 is 2.88 bits per heavy atom. The maximum absolute atomic E-state index is 6.11. The minimum Gasteiger partial charge on any atom is -0.491 e. The minimum absolute atomic E-state index is 0.134. The Labute approximate surface area is 152 Å². The Morgan fingerprint density at radius 2 is 2.15 bits per heavy atom. The van der Waals surface area contributed by atoms with E-state index in [0.717, 1.165) is 0 Å². The molecule has 0 N–H and O–H groups in total. The van der Waals surface area contributed by atoms with Gasteiger partial charge in [0.15, 0.2) is 17.1 Å². The number of pyridine rings is 1. The van der Waals surface area contributed by atoms with Crippen LogP contribution in [0.1, 0.15) is 11.5 Å². The first-order valence-corrected chi connectivity index (χ1v) is 8.00. The van der Waals surface area contributed by atoms with Crippen molar-refractivity contribution in [3.8, 4) is 23.1 Å². The fraction of sp³-hybridized carbons (Fsp3) is 0.188. The second kappa shape index (κ2) is 6.60. The molecule has 0 amide bonds. The van der Waals surface area contributed by atoms with Gasteiger partial charge in [0.2, 0.25) is 5.82 Å². The molecule has 0 radical (unpaired) electrons. The van der Waals surface area contributed by atoms with Crippen LogP contribution in [0.15, 0.2) is 35.0 Å². The normalized spacial score (nSPS) is 11.0. The summed E-state index contributed by atoms with van der Waals surface area (Å²) in [6.07, 6.45) is 1.64. The third-order valence-electron chi connectivity index (χ3n) is 3.58. The summed E-state index contributed by atoms with van der Waals surface area (Å²) in [5, 5.41) is 17.1. The number of aromatic nitrogens is 6. The summed E-state index contributed by atoms with van der Waals surface area (Å²) in [5.41, 5.74) is 1.60. The van der Waals surface area contributed by atoms with Crippen molar-refractivity contribution in [1.29, 1.82) is 0 Å². The predicted molar refractivity (Wildman–Crippen MR) is 91.1 cm³/mol. The molecule has 0 saturated carbocycles. The first-order chi connectivity index (χ1) is 12.7. The van der Waals surface area contributed by atoms with Gasteiger partial charge in [-0.3, -0.25) is 4.98 Å². The number of rotatable bonds is 5. The van der Waals surface area contributed by atoms with Crippen molar-refractivity contribution in [1.82, 2.24) is 30.0 Å². The number of halogens is 1. The number of fused-ring (bicyclic) bond motifs is 1. The van der Waals surface area contributed by atoms with E-state index in [9.17, 15) is 0 Å². The van der Waals surface area contributed by atoms with E-state index in [1.807, 2.05) is 0 Å². The number of ether oxygens (including phenoxy) is 2. The van der Waals surface area contributed by atoms with Gasteiger partial charge in [-0.05, 0) is 19.1 Å². The molecule has 4 aromatic heterocycles. The Bertz CT molecular complexity index is 1080. The summed E-state index contributed by atoms with van der Waals surface area (Å²) in [5.74, 6) is 1.76. The van der Waals surface area contributed by atoms with Crippen LogP contribution in [0, 0.1) is 6.92 Å². The summed E-state index contributed by atoms with van der Waals surface area (Å²) in [6, 6.07) is 6.91. The van der Waals surface area contributed by atoms with Crippen LogP contribution in [-0.2, 0) is 6.61 Å². The fourth-order valence-electron chi connectivity index (χ4n) is 2.34. The zero-order valence-electron chi connectivity index (χ0n) is 13.9. The smallest absolute Gasteiger partial charge is 0.275 e. The van der Waals surface area contributed by atoms with Crippen molar-refractivity contribution in [2.75, 3.05) is 7.11 Å². The van der Waals surface area contributed by atoms with E-state index in [1.165, 1.54) is 11.6 Å². The Hall–Kier alpha value is -3.20. The minimum atomic E-state index is 0.134. The van der Waals surface area contributed by atoms with Gasteiger partial charge in [0.25, 0.3) is 5.88 Å². The lowest BCUT2D eigenvalue weighted by atomic mass is 10.3. The summed E-state index contributed by atoms with van der Waals surface area (Å²) < 4.78 is 17.7. The summed E-state index contributed by atoms with van der Waals surface area (Å²) in [4.78, 5) is 4.19. The van der Waals surface area contributed by atoms with Gasteiger partial charge < -0.3 is 14.0 Å². The monoisotopic (exact) mass is 372 g/mol. The number of methoxy groups -OCH3 is 1. The van der Waals surface area contributed by atoms with Gasteiger partial charge in [0.1, 0.15) is 12.4 Å². The molecule has 0 unspecified atom stereocenters. The molecule has 132 valence electrons. The van der Waals surface area contributed by atoms with Gasteiger partial charge in [-0.1, -0.05) is 16.8 Å². The van der Waals surface area contributed by atoms with Gasteiger partial charge in [-0.15, -0.1) is 15.3 Å². The molecule has 4 heterocycles. The van der Waals surface area contributed by atoms with Gasteiger partial charge in [-0.25, -0.2) is 0 Å². The Morgan fingerprint density at radius 1 is 1.27 bits per heavy atom. The van der Waals surface area contributed by atoms with Crippen molar-refractivity contribution in [2.45, 2.75) is 13.5 Å². The molecule has 9 nitrogen and oxygen atoms in total. The van der Waals surface area contributed by atoms with Crippen LogP contribution in [0.4, 0.5) is 0 Å². The number of nitrogens with zero attached hydrogens (tertiary/aromatic N) is 6. The zero-order chi connectivity index (χ0) is 18.1. The summed E-state index contributed by atoms with van der Waals surface area (Å²) in [6.45, 7) is 1.93. The molecule has 4 aromatic rings. The van der Waals surface area contributed by atoms with Crippen molar-refractivity contribution in [3.05, 3.63) is 46.9 Å². The highest BCUT2D eigenvalue weighted by atomic mass is 35.5. The topological polar surface area (TPSA) is 100 Å². The lowest BCUT2D eigenvalue weighted by Crippen LogP contribution is -2.05. The zero-order valence-corrected chi connectivity index (χ0v) is 14.6. The van der Waals surface area contributed by atoms with Gasteiger partial charge >= 0.3 is 0 Å². The first kappa shape index (κ1) is 16.3. The molecule has 0 bridgehead atoms. The molecule has 10 heteroatoms. The Kier molecular flexibility index (Phi) is 4.13. The highest BCUT2D eigenvalue weighted by molar-refractivity contribution is 6.31. The molecular weight excluding hydrogens is 360 g/mol. The molecule has 26 heavy (non-hydrogen) atoms. The van der Waals surface area contributed by atoms with Gasteiger partial charge in [0.05, 0.1) is 17.8 Å². The van der Waals surface area contributed by atoms with E-state index in [-0.39, 0.29) is 12.5 Å². The molecule has 0 spiro atoms. The van der Waals surface area contributed by atoms with Gasteiger partial charge in [-0.2, -0.15) is 4.52 Å². The molecule has 0 aliphatic carbocycles. The van der Waals surface area contributed by atoms with Crippen molar-refractivity contribution in [2.24, 2.45) is 0 Å². The number of hydrogen-bond donors (Lipinski definition) is 0. The van der Waals surface area contributed by atoms with Crippen molar-refractivity contribution < 1.29 is 14.0 Å². The summed E-state index contributed by atoms with van der Waals surface area (Å²) in [7, 11) is 1.52. The molecular formula is C16H13ClN6O3. The second-order valence-electron chi connectivity index (χ2n) is 5.35.